The van der Waals surface area contributed by atoms with Crippen LogP contribution in [0, 0.1) is 5.92 Å². The Hall–Kier alpha value is -0.940. The van der Waals surface area contributed by atoms with E-state index in [0.717, 1.165) is 35.4 Å². The Kier molecular flexibility index (Phi) is 4.72. The fraction of sp³-hybridized carbons (Fsp3) is 0.692. The fourth-order valence-corrected chi connectivity index (χ4v) is 3.35. The third-order valence-electron chi connectivity index (χ3n) is 3.29. The molecule has 0 radical (unpaired) electrons. The van der Waals surface area contributed by atoms with Gasteiger partial charge in [0.05, 0.1) is 13.0 Å². The maximum Gasteiger partial charge on any atom is 0.303 e. The summed E-state index contributed by atoms with van der Waals surface area (Å²) in [5.74, 6) is 0.0417. The molecule has 0 aromatic carbocycles. The number of hydrogen-bond donors (Lipinski definition) is 1. The largest absolute Gasteiger partial charge is 0.481 e. The van der Waals surface area contributed by atoms with E-state index in [0.29, 0.717) is 6.42 Å². The van der Waals surface area contributed by atoms with Crippen molar-refractivity contribution in [2.45, 2.75) is 39.2 Å². The van der Waals surface area contributed by atoms with Crippen LogP contribution in [0.4, 0.5) is 0 Å². The molecule has 5 heteroatoms. The first-order valence-corrected chi connectivity index (χ1v) is 7.33. The summed E-state index contributed by atoms with van der Waals surface area (Å²) in [7, 11) is 0. The van der Waals surface area contributed by atoms with Crippen LogP contribution in [-0.4, -0.2) is 34.0 Å². The molecule has 1 aliphatic heterocycles. The number of hydrogen-bond acceptors (Lipinski definition) is 4. The molecule has 0 amide bonds. The van der Waals surface area contributed by atoms with Gasteiger partial charge in [-0.15, -0.1) is 11.3 Å². The van der Waals surface area contributed by atoms with Crippen molar-refractivity contribution in [3.8, 4) is 0 Å². The number of aromatic nitrogens is 1. The Balaban J connectivity index is 1.84. The standard InChI is InChI=1S/C13H20N2O2S/c1-10-3-2-6-15(8-10)9-12-14-7-11(18-12)4-5-13(16)17/h7,10H,2-6,8-9H2,1H3,(H,16,17). The van der Waals surface area contributed by atoms with Gasteiger partial charge in [0, 0.05) is 17.6 Å². The number of likely N-dealkylation sites (tertiary alicyclic amines) is 1. The first-order chi connectivity index (χ1) is 8.63. The van der Waals surface area contributed by atoms with Crippen LogP contribution >= 0.6 is 11.3 Å². The van der Waals surface area contributed by atoms with Gasteiger partial charge in [0.15, 0.2) is 0 Å². The van der Waals surface area contributed by atoms with Gasteiger partial charge in [-0.2, -0.15) is 0 Å². The van der Waals surface area contributed by atoms with E-state index in [1.54, 1.807) is 11.3 Å². The molecular weight excluding hydrogens is 248 g/mol. The third kappa shape index (κ3) is 4.07. The second-order valence-corrected chi connectivity index (χ2v) is 6.30. The van der Waals surface area contributed by atoms with Gasteiger partial charge in [-0.3, -0.25) is 9.69 Å². The van der Waals surface area contributed by atoms with E-state index in [2.05, 4.69) is 16.8 Å². The molecule has 1 N–H and O–H groups in total. The van der Waals surface area contributed by atoms with Crippen molar-refractivity contribution in [3.63, 3.8) is 0 Å². The van der Waals surface area contributed by atoms with Crippen LogP contribution in [0.25, 0.3) is 0 Å². The van der Waals surface area contributed by atoms with Gasteiger partial charge < -0.3 is 5.11 Å². The topological polar surface area (TPSA) is 53.4 Å². The second kappa shape index (κ2) is 6.29. The minimum absolute atomic E-state index is 0.197. The Morgan fingerprint density at radius 2 is 2.50 bits per heavy atom. The summed E-state index contributed by atoms with van der Waals surface area (Å²) < 4.78 is 0. The molecule has 1 aromatic heterocycles. The SMILES string of the molecule is CC1CCCN(Cc2ncc(CCC(=O)O)s2)C1. The van der Waals surface area contributed by atoms with Gasteiger partial charge in [-0.05, 0) is 31.7 Å². The molecule has 2 heterocycles. The zero-order valence-corrected chi connectivity index (χ0v) is 11.6. The summed E-state index contributed by atoms with van der Waals surface area (Å²) in [4.78, 5) is 18.4. The highest BCUT2D eigenvalue weighted by Crippen LogP contribution is 2.21. The molecule has 100 valence electrons. The number of rotatable bonds is 5. The number of carboxylic acids is 1. The molecule has 1 saturated heterocycles. The first kappa shape index (κ1) is 13.5. The van der Waals surface area contributed by atoms with Crippen LogP contribution in [-0.2, 0) is 17.8 Å². The zero-order valence-electron chi connectivity index (χ0n) is 10.8. The third-order valence-corrected chi connectivity index (χ3v) is 4.33. The van der Waals surface area contributed by atoms with Crippen LogP contribution in [0.2, 0.25) is 0 Å². The molecule has 1 fully saturated rings. The Labute approximate surface area is 112 Å². The number of nitrogens with zero attached hydrogens (tertiary/aromatic N) is 2. The van der Waals surface area contributed by atoms with Crippen molar-refractivity contribution < 1.29 is 9.90 Å². The van der Waals surface area contributed by atoms with E-state index >= 15 is 0 Å². The predicted molar refractivity (Wildman–Crippen MR) is 71.7 cm³/mol. The molecule has 0 spiro atoms. The normalized spacial score (nSPS) is 21.1. The van der Waals surface area contributed by atoms with Crippen molar-refractivity contribution in [2.75, 3.05) is 13.1 Å². The molecule has 1 atom stereocenters. The summed E-state index contributed by atoms with van der Waals surface area (Å²) in [5, 5.41) is 9.76. The Bertz CT molecular complexity index is 405. The average molecular weight is 268 g/mol. The summed E-state index contributed by atoms with van der Waals surface area (Å²) in [6.07, 6.45) is 5.23. The van der Waals surface area contributed by atoms with Crippen LogP contribution in [0.1, 0.15) is 36.1 Å². The van der Waals surface area contributed by atoms with Gasteiger partial charge in [-0.25, -0.2) is 4.98 Å². The smallest absolute Gasteiger partial charge is 0.303 e. The van der Waals surface area contributed by atoms with Gasteiger partial charge in [0.2, 0.25) is 0 Å². The molecular formula is C13H20N2O2S. The van der Waals surface area contributed by atoms with Crippen LogP contribution < -0.4 is 0 Å². The molecule has 1 aromatic rings. The number of piperidine rings is 1. The maximum absolute atomic E-state index is 10.5. The summed E-state index contributed by atoms with van der Waals surface area (Å²) in [5.41, 5.74) is 0. The molecule has 4 nitrogen and oxygen atoms in total. The van der Waals surface area contributed by atoms with Gasteiger partial charge in [-0.1, -0.05) is 6.92 Å². The second-order valence-electron chi connectivity index (χ2n) is 5.10. The monoisotopic (exact) mass is 268 g/mol. The lowest BCUT2D eigenvalue weighted by molar-refractivity contribution is -0.136. The van der Waals surface area contributed by atoms with E-state index in [9.17, 15) is 4.79 Å². The highest BCUT2D eigenvalue weighted by Gasteiger charge is 2.17. The van der Waals surface area contributed by atoms with Crippen LogP contribution in [0.15, 0.2) is 6.20 Å². The zero-order chi connectivity index (χ0) is 13.0. The summed E-state index contributed by atoms with van der Waals surface area (Å²) >= 11 is 1.65. The number of aliphatic carboxylic acids is 1. The molecule has 2 rings (SSSR count). The van der Waals surface area contributed by atoms with Crippen molar-refractivity contribution >= 4 is 17.3 Å². The summed E-state index contributed by atoms with van der Waals surface area (Å²) in [6, 6.07) is 0. The molecule has 0 bridgehead atoms. The highest BCUT2D eigenvalue weighted by molar-refractivity contribution is 7.11. The predicted octanol–water partition coefficient (Wildman–Crippen LogP) is 2.39. The first-order valence-electron chi connectivity index (χ1n) is 6.51. The van der Waals surface area contributed by atoms with Gasteiger partial charge >= 0.3 is 5.97 Å². The van der Waals surface area contributed by atoms with E-state index in [1.807, 2.05) is 6.20 Å². The lowest BCUT2D eigenvalue weighted by Crippen LogP contribution is -2.33. The quantitative estimate of drug-likeness (QED) is 0.891. The van der Waals surface area contributed by atoms with Gasteiger partial charge in [0.1, 0.15) is 5.01 Å². The molecule has 1 aliphatic rings. The minimum Gasteiger partial charge on any atom is -0.481 e. The lowest BCUT2D eigenvalue weighted by atomic mass is 10.0. The lowest BCUT2D eigenvalue weighted by Gasteiger charge is -2.29. The van der Waals surface area contributed by atoms with Gasteiger partial charge in [0.25, 0.3) is 0 Å². The number of carboxylic acid groups (broad SMARTS) is 1. The van der Waals surface area contributed by atoms with Crippen molar-refractivity contribution in [3.05, 3.63) is 16.1 Å². The van der Waals surface area contributed by atoms with E-state index in [1.165, 1.54) is 12.8 Å². The molecule has 1 unspecified atom stereocenters. The number of thiazole rings is 1. The van der Waals surface area contributed by atoms with Crippen molar-refractivity contribution in [1.82, 2.24) is 9.88 Å². The summed E-state index contributed by atoms with van der Waals surface area (Å²) in [6.45, 7) is 5.53. The molecule has 0 aliphatic carbocycles. The molecule has 18 heavy (non-hydrogen) atoms. The van der Waals surface area contributed by atoms with Crippen molar-refractivity contribution in [1.29, 1.82) is 0 Å². The van der Waals surface area contributed by atoms with Crippen LogP contribution in [0.5, 0.6) is 0 Å². The Morgan fingerprint density at radius 3 is 3.22 bits per heavy atom. The van der Waals surface area contributed by atoms with E-state index in [-0.39, 0.29) is 6.42 Å². The number of carbonyl (C=O) groups is 1. The minimum atomic E-state index is -0.741. The van der Waals surface area contributed by atoms with E-state index in [4.69, 9.17) is 5.11 Å². The molecule has 0 saturated carbocycles. The average Bonchev–Trinajstić information content (AvgIpc) is 2.74. The van der Waals surface area contributed by atoms with Crippen LogP contribution in [0.3, 0.4) is 0 Å². The highest BCUT2D eigenvalue weighted by atomic mass is 32.1. The number of aryl methyl sites for hydroxylation is 1. The Morgan fingerprint density at radius 1 is 1.67 bits per heavy atom. The maximum atomic E-state index is 10.5. The van der Waals surface area contributed by atoms with E-state index < -0.39 is 5.97 Å². The fourth-order valence-electron chi connectivity index (χ4n) is 2.39. The van der Waals surface area contributed by atoms with Crippen molar-refractivity contribution in [2.24, 2.45) is 5.92 Å².